The number of hydrogen-bond donors (Lipinski definition) is 0. The molecule has 0 radical (unpaired) electrons. The summed E-state index contributed by atoms with van der Waals surface area (Å²) in [6.07, 6.45) is 3.99. The van der Waals surface area contributed by atoms with Crippen molar-refractivity contribution in [1.82, 2.24) is 9.13 Å². The third-order valence-electron chi connectivity index (χ3n) is 5.09. The lowest BCUT2D eigenvalue weighted by atomic mass is 10.0. The van der Waals surface area contributed by atoms with Crippen LogP contribution in [0.5, 0.6) is 0 Å². The smallest absolute Gasteiger partial charge is 0.281 e. The molecule has 0 bridgehead atoms. The van der Waals surface area contributed by atoms with E-state index in [0.717, 1.165) is 39.6 Å². The summed E-state index contributed by atoms with van der Waals surface area (Å²) in [6.45, 7) is 14.4. The lowest BCUT2D eigenvalue weighted by molar-refractivity contribution is 0.680. The molecule has 162 valence electrons. The second-order valence-corrected chi connectivity index (χ2v) is 8.59. The number of hydrogen-bond acceptors (Lipinski definition) is 5. The van der Waals surface area contributed by atoms with Gasteiger partial charge in [0.15, 0.2) is 0 Å². The van der Waals surface area contributed by atoms with Crippen LogP contribution >= 0.6 is 11.8 Å². The molecule has 0 saturated heterocycles. The van der Waals surface area contributed by atoms with E-state index in [4.69, 9.17) is 9.98 Å². The standard InChI is InChI=1S/C22H36N4O2S/c1-10-15(6)18(23-17(11-2)12-3)13-29-20(14(4)5)24-19-16(7)21(27)26(9)22(28)25(19)8/h11,14-15H,10,12-13H2,1-9H3/b17-11-,23-18-,24-20+. The largest absolute Gasteiger partial charge is 0.332 e. The highest BCUT2D eigenvalue weighted by Gasteiger charge is 2.17. The third kappa shape index (κ3) is 6.29. The normalized spacial score (nSPS) is 14.6. The van der Waals surface area contributed by atoms with Gasteiger partial charge in [-0.3, -0.25) is 18.9 Å². The fourth-order valence-electron chi connectivity index (χ4n) is 2.79. The second kappa shape index (κ2) is 11.3. The van der Waals surface area contributed by atoms with E-state index in [1.807, 2.05) is 6.92 Å². The molecule has 1 aromatic rings. The summed E-state index contributed by atoms with van der Waals surface area (Å²) >= 11 is 1.64. The first kappa shape index (κ1) is 25.1. The SMILES string of the molecule is C/C=C(CC)\N=C(\CS/C(=N/c1c(C)c(=O)n(C)c(=O)n1C)C(C)C)C(C)CC. The molecule has 1 heterocycles. The first-order valence-corrected chi connectivity index (χ1v) is 11.3. The highest BCUT2D eigenvalue weighted by molar-refractivity contribution is 8.14. The van der Waals surface area contributed by atoms with E-state index in [2.05, 4.69) is 40.7 Å². The van der Waals surface area contributed by atoms with Crippen molar-refractivity contribution in [2.45, 2.75) is 61.3 Å². The van der Waals surface area contributed by atoms with Gasteiger partial charge in [0, 0.05) is 37.2 Å². The Labute approximate surface area is 178 Å². The summed E-state index contributed by atoms with van der Waals surface area (Å²) in [5.74, 6) is 1.72. The fraction of sp³-hybridized carbons (Fsp3) is 0.636. The van der Waals surface area contributed by atoms with Gasteiger partial charge in [-0.2, -0.15) is 0 Å². The van der Waals surface area contributed by atoms with Gasteiger partial charge < -0.3 is 0 Å². The molecule has 7 heteroatoms. The molecule has 0 aromatic carbocycles. The molecule has 0 N–H and O–H groups in total. The molecule has 0 aliphatic heterocycles. The Hall–Kier alpha value is -1.89. The topological polar surface area (TPSA) is 68.7 Å². The minimum atomic E-state index is -0.366. The van der Waals surface area contributed by atoms with Crippen LogP contribution in [0.25, 0.3) is 0 Å². The van der Waals surface area contributed by atoms with E-state index in [1.54, 1.807) is 25.7 Å². The van der Waals surface area contributed by atoms with Crippen molar-refractivity contribution < 1.29 is 0 Å². The van der Waals surface area contributed by atoms with Crippen LogP contribution in [-0.4, -0.2) is 25.6 Å². The molecular formula is C22H36N4O2S. The summed E-state index contributed by atoms with van der Waals surface area (Å²) in [6, 6.07) is 0. The van der Waals surface area contributed by atoms with Gasteiger partial charge in [-0.1, -0.05) is 40.7 Å². The number of thioether (sulfide) groups is 1. The van der Waals surface area contributed by atoms with Gasteiger partial charge in [-0.05, 0) is 32.6 Å². The Morgan fingerprint density at radius 2 is 1.76 bits per heavy atom. The molecular weight excluding hydrogens is 384 g/mol. The molecule has 1 atom stereocenters. The molecule has 1 aromatic heterocycles. The van der Waals surface area contributed by atoms with Crippen molar-refractivity contribution >= 4 is 28.3 Å². The van der Waals surface area contributed by atoms with Crippen LogP contribution in [0.15, 0.2) is 31.3 Å². The zero-order valence-corrected chi connectivity index (χ0v) is 20.2. The van der Waals surface area contributed by atoms with Crippen LogP contribution in [0.3, 0.4) is 0 Å². The van der Waals surface area contributed by atoms with E-state index in [1.165, 1.54) is 11.6 Å². The lowest BCUT2D eigenvalue weighted by Crippen LogP contribution is -2.38. The van der Waals surface area contributed by atoms with Gasteiger partial charge in [-0.25, -0.2) is 9.79 Å². The second-order valence-electron chi connectivity index (χ2n) is 7.59. The first-order valence-electron chi connectivity index (χ1n) is 10.3. The molecule has 0 amide bonds. The summed E-state index contributed by atoms with van der Waals surface area (Å²) in [4.78, 5) is 34.3. The van der Waals surface area contributed by atoms with Crippen molar-refractivity contribution in [3.63, 3.8) is 0 Å². The van der Waals surface area contributed by atoms with E-state index in [0.29, 0.717) is 17.3 Å². The Bertz CT molecular complexity index is 883. The molecule has 0 fully saturated rings. The summed E-state index contributed by atoms with van der Waals surface area (Å²) < 4.78 is 2.56. The molecule has 1 unspecified atom stereocenters. The van der Waals surface area contributed by atoms with Crippen molar-refractivity contribution in [3.8, 4) is 0 Å². The van der Waals surface area contributed by atoms with Crippen molar-refractivity contribution in [3.05, 3.63) is 38.2 Å². The van der Waals surface area contributed by atoms with Crippen molar-refractivity contribution in [2.24, 2.45) is 35.9 Å². The Kier molecular flexibility index (Phi) is 9.83. The predicted molar refractivity (Wildman–Crippen MR) is 127 cm³/mol. The van der Waals surface area contributed by atoms with E-state index in [9.17, 15) is 9.59 Å². The highest BCUT2D eigenvalue weighted by atomic mass is 32.2. The number of allylic oxidation sites excluding steroid dienone is 2. The minimum absolute atomic E-state index is 0.170. The van der Waals surface area contributed by atoms with Crippen molar-refractivity contribution in [1.29, 1.82) is 0 Å². The fourth-order valence-corrected chi connectivity index (χ4v) is 3.92. The zero-order chi connectivity index (χ0) is 22.3. The van der Waals surface area contributed by atoms with Crippen LogP contribution in [-0.2, 0) is 14.1 Å². The van der Waals surface area contributed by atoms with Crippen molar-refractivity contribution in [2.75, 3.05) is 5.75 Å². The number of rotatable bonds is 8. The minimum Gasteiger partial charge on any atom is -0.281 e. The molecule has 0 aliphatic rings. The van der Waals surface area contributed by atoms with Gasteiger partial charge in [0.2, 0.25) is 0 Å². The van der Waals surface area contributed by atoms with E-state index >= 15 is 0 Å². The average molecular weight is 421 g/mol. The molecule has 0 aliphatic carbocycles. The summed E-state index contributed by atoms with van der Waals surface area (Å²) in [7, 11) is 3.15. The maximum atomic E-state index is 12.3. The van der Waals surface area contributed by atoms with E-state index < -0.39 is 0 Å². The maximum Gasteiger partial charge on any atom is 0.332 e. The van der Waals surface area contributed by atoms with Crippen LogP contribution < -0.4 is 11.2 Å². The molecule has 6 nitrogen and oxygen atoms in total. The van der Waals surface area contributed by atoms with Gasteiger partial charge in [0.1, 0.15) is 5.82 Å². The lowest BCUT2D eigenvalue weighted by Gasteiger charge is -2.17. The molecule has 1 rings (SSSR count). The van der Waals surface area contributed by atoms with Crippen LogP contribution in [0.4, 0.5) is 5.82 Å². The Morgan fingerprint density at radius 3 is 2.24 bits per heavy atom. The van der Waals surface area contributed by atoms with Crippen LogP contribution in [0, 0.1) is 18.8 Å². The molecule has 0 spiro atoms. The van der Waals surface area contributed by atoms with Crippen LogP contribution in [0.2, 0.25) is 0 Å². The predicted octanol–water partition coefficient (Wildman–Crippen LogP) is 4.61. The quantitative estimate of drug-likeness (QED) is 0.455. The number of aromatic nitrogens is 2. The zero-order valence-electron chi connectivity index (χ0n) is 19.4. The summed E-state index contributed by atoms with van der Waals surface area (Å²) in [5, 5.41) is 0.894. The average Bonchev–Trinajstić information content (AvgIpc) is 2.71. The first-order chi connectivity index (χ1) is 13.6. The Morgan fingerprint density at radius 1 is 1.14 bits per heavy atom. The number of aliphatic imine (C=N–C) groups is 2. The van der Waals surface area contributed by atoms with Gasteiger partial charge in [0.05, 0.1) is 10.6 Å². The number of nitrogens with zero attached hydrogens (tertiary/aromatic N) is 4. The summed E-state index contributed by atoms with van der Waals surface area (Å²) in [5.41, 5.74) is 2.05. The van der Waals surface area contributed by atoms with Gasteiger partial charge >= 0.3 is 5.69 Å². The maximum absolute atomic E-state index is 12.3. The highest BCUT2D eigenvalue weighted by Crippen LogP contribution is 2.23. The monoisotopic (exact) mass is 420 g/mol. The third-order valence-corrected chi connectivity index (χ3v) is 6.39. The van der Waals surface area contributed by atoms with Gasteiger partial charge in [0.25, 0.3) is 5.56 Å². The van der Waals surface area contributed by atoms with Gasteiger partial charge in [-0.15, -0.1) is 11.8 Å². The van der Waals surface area contributed by atoms with E-state index in [-0.39, 0.29) is 17.2 Å². The molecule has 0 saturated carbocycles. The van der Waals surface area contributed by atoms with Crippen LogP contribution in [0.1, 0.15) is 59.9 Å². The molecule has 29 heavy (non-hydrogen) atoms. The Balaban J connectivity index is 3.36.